The Morgan fingerprint density at radius 1 is 1.38 bits per heavy atom. The van der Waals surface area contributed by atoms with Crippen LogP contribution in [0.2, 0.25) is 0 Å². The van der Waals surface area contributed by atoms with Gasteiger partial charge in [0.05, 0.1) is 12.5 Å². The minimum atomic E-state index is -0.794. The summed E-state index contributed by atoms with van der Waals surface area (Å²) in [4.78, 5) is 24.3. The Labute approximate surface area is 94.8 Å². The van der Waals surface area contributed by atoms with E-state index in [0.717, 1.165) is 12.8 Å². The van der Waals surface area contributed by atoms with Crippen LogP contribution in [0.25, 0.3) is 0 Å². The molecule has 16 heavy (non-hydrogen) atoms. The van der Waals surface area contributed by atoms with Crippen molar-refractivity contribution in [3.8, 4) is 0 Å². The summed E-state index contributed by atoms with van der Waals surface area (Å²) in [5.41, 5.74) is 0. The molecule has 1 amide bonds. The van der Waals surface area contributed by atoms with Gasteiger partial charge in [-0.1, -0.05) is 6.92 Å². The van der Waals surface area contributed by atoms with Gasteiger partial charge in [-0.05, 0) is 18.8 Å². The molecule has 0 aromatic rings. The molecule has 5 nitrogen and oxygen atoms in total. The molecule has 0 radical (unpaired) electrons. The van der Waals surface area contributed by atoms with Crippen molar-refractivity contribution in [1.82, 2.24) is 10.2 Å². The molecule has 0 spiro atoms. The van der Waals surface area contributed by atoms with Gasteiger partial charge < -0.3 is 15.3 Å². The maximum absolute atomic E-state index is 11.8. The van der Waals surface area contributed by atoms with E-state index in [9.17, 15) is 9.59 Å². The SMILES string of the molecule is C[C@@H]1CN(C(=O)CNC2CC2)C[C@H]1C(=O)O. The van der Waals surface area contributed by atoms with E-state index in [1.807, 2.05) is 6.92 Å². The minimum absolute atomic E-state index is 0.0301. The molecule has 2 rings (SSSR count). The second-order valence-electron chi connectivity index (χ2n) is 4.88. The molecule has 2 fully saturated rings. The van der Waals surface area contributed by atoms with Crippen LogP contribution in [0, 0.1) is 11.8 Å². The second kappa shape index (κ2) is 4.41. The number of carbonyl (C=O) groups is 2. The predicted molar refractivity (Wildman–Crippen MR) is 57.9 cm³/mol. The van der Waals surface area contributed by atoms with Gasteiger partial charge >= 0.3 is 5.97 Å². The van der Waals surface area contributed by atoms with Gasteiger partial charge in [-0.25, -0.2) is 0 Å². The molecular formula is C11H18N2O3. The van der Waals surface area contributed by atoms with Crippen LogP contribution >= 0.6 is 0 Å². The second-order valence-corrected chi connectivity index (χ2v) is 4.88. The van der Waals surface area contributed by atoms with Gasteiger partial charge in [0.2, 0.25) is 5.91 Å². The van der Waals surface area contributed by atoms with Crippen LogP contribution in [0.15, 0.2) is 0 Å². The first-order chi connectivity index (χ1) is 7.58. The van der Waals surface area contributed by atoms with E-state index in [2.05, 4.69) is 5.32 Å². The van der Waals surface area contributed by atoms with Crippen molar-refractivity contribution >= 4 is 11.9 Å². The lowest BCUT2D eigenvalue weighted by atomic mass is 9.99. The number of likely N-dealkylation sites (tertiary alicyclic amines) is 1. The molecule has 1 aliphatic carbocycles. The number of amides is 1. The first kappa shape index (κ1) is 11.4. The van der Waals surface area contributed by atoms with Crippen molar-refractivity contribution in [3.05, 3.63) is 0 Å². The molecule has 0 aromatic carbocycles. The lowest BCUT2D eigenvalue weighted by Gasteiger charge is -2.16. The summed E-state index contributed by atoms with van der Waals surface area (Å²) in [6.45, 7) is 3.17. The largest absolute Gasteiger partial charge is 0.481 e. The Bertz CT molecular complexity index is 302. The van der Waals surface area contributed by atoms with Gasteiger partial charge in [0, 0.05) is 19.1 Å². The van der Waals surface area contributed by atoms with Crippen molar-refractivity contribution in [1.29, 1.82) is 0 Å². The van der Waals surface area contributed by atoms with Crippen LogP contribution in [0.4, 0.5) is 0 Å². The Morgan fingerprint density at radius 3 is 2.56 bits per heavy atom. The number of carboxylic acids is 1. The van der Waals surface area contributed by atoms with Crippen molar-refractivity contribution < 1.29 is 14.7 Å². The highest BCUT2D eigenvalue weighted by molar-refractivity contribution is 5.80. The number of hydrogen-bond acceptors (Lipinski definition) is 3. The molecule has 5 heteroatoms. The third-order valence-corrected chi connectivity index (χ3v) is 3.40. The maximum Gasteiger partial charge on any atom is 0.308 e. The molecule has 0 bridgehead atoms. The number of rotatable bonds is 4. The molecule has 90 valence electrons. The third-order valence-electron chi connectivity index (χ3n) is 3.40. The van der Waals surface area contributed by atoms with Crippen LogP contribution < -0.4 is 5.32 Å². The van der Waals surface area contributed by atoms with Crippen molar-refractivity contribution in [2.24, 2.45) is 11.8 Å². The molecule has 2 N–H and O–H groups in total. The maximum atomic E-state index is 11.8. The Hall–Kier alpha value is -1.10. The van der Waals surface area contributed by atoms with E-state index in [1.54, 1.807) is 4.90 Å². The molecule has 1 saturated heterocycles. The summed E-state index contributed by atoms with van der Waals surface area (Å²) in [6.07, 6.45) is 2.31. The molecule has 0 aromatic heterocycles. The highest BCUT2D eigenvalue weighted by atomic mass is 16.4. The van der Waals surface area contributed by atoms with Crippen LogP contribution in [0.1, 0.15) is 19.8 Å². The summed E-state index contributed by atoms with van der Waals surface area (Å²) >= 11 is 0. The number of nitrogens with one attached hydrogen (secondary N) is 1. The van der Waals surface area contributed by atoms with Crippen LogP contribution in [0.3, 0.4) is 0 Å². The lowest BCUT2D eigenvalue weighted by molar-refractivity contribution is -0.142. The topological polar surface area (TPSA) is 69.6 Å². The number of carboxylic acid groups (broad SMARTS) is 1. The number of nitrogens with zero attached hydrogens (tertiary/aromatic N) is 1. The zero-order valence-corrected chi connectivity index (χ0v) is 9.48. The van der Waals surface area contributed by atoms with Gasteiger partial charge in [0.25, 0.3) is 0 Å². The Balaban J connectivity index is 1.81. The summed E-state index contributed by atoms with van der Waals surface area (Å²) < 4.78 is 0. The molecule has 1 saturated carbocycles. The minimum Gasteiger partial charge on any atom is -0.481 e. The van der Waals surface area contributed by atoms with E-state index in [1.165, 1.54) is 0 Å². The van der Waals surface area contributed by atoms with Gasteiger partial charge in [-0.2, -0.15) is 0 Å². The van der Waals surface area contributed by atoms with Crippen molar-refractivity contribution in [2.75, 3.05) is 19.6 Å². The van der Waals surface area contributed by atoms with Gasteiger partial charge in [0.1, 0.15) is 0 Å². The van der Waals surface area contributed by atoms with Crippen LogP contribution in [-0.2, 0) is 9.59 Å². The first-order valence-electron chi connectivity index (χ1n) is 5.82. The molecule has 2 atom stereocenters. The van der Waals surface area contributed by atoms with E-state index in [4.69, 9.17) is 5.11 Å². The van der Waals surface area contributed by atoms with Crippen LogP contribution in [-0.4, -0.2) is 47.6 Å². The summed E-state index contributed by atoms with van der Waals surface area (Å²) in [6, 6.07) is 0.513. The highest BCUT2D eigenvalue weighted by Gasteiger charge is 2.37. The zero-order chi connectivity index (χ0) is 11.7. The van der Waals surface area contributed by atoms with Crippen LogP contribution in [0.5, 0.6) is 0 Å². The molecule has 1 aliphatic heterocycles. The van der Waals surface area contributed by atoms with Gasteiger partial charge in [-0.15, -0.1) is 0 Å². The van der Waals surface area contributed by atoms with E-state index in [-0.39, 0.29) is 11.8 Å². The molecule has 2 aliphatic rings. The fourth-order valence-electron chi connectivity index (χ4n) is 2.12. The zero-order valence-electron chi connectivity index (χ0n) is 9.48. The normalized spacial score (nSPS) is 29.4. The fraction of sp³-hybridized carbons (Fsp3) is 0.818. The summed E-state index contributed by atoms with van der Waals surface area (Å²) in [7, 11) is 0. The molecule has 0 unspecified atom stereocenters. The number of hydrogen-bond donors (Lipinski definition) is 2. The predicted octanol–water partition coefficient (Wildman–Crippen LogP) is -0.0825. The smallest absolute Gasteiger partial charge is 0.308 e. The first-order valence-corrected chi connectivity index (χ1v) is 5.82. The summed E-state index contributed by atoms with van der Waals surface area (Å²) in [5.74, 6) is -1.10. The monoisotopic (exact) mass is 226 g/mol. The molecule has 1 heterocycles. The number of carbonyl (C=O) groups excluding carboxylic acids is 1. The summed E-state index contributed by atoms with van der Waals surface area (Å²) in [5, 5.41) is 12.1. The third kappa shape index (κ3) is 2.52. The fourth-order valence-corrected chi connectivity index (χ4v) is 2.12. The molecular weight excluding hydrogens is 208 g/mol. The average Bonchev–Trinajstić information content (AvgIpc) is 2.96. The Kier molecular flexibility index (Phi) is 3.14. The highest BCUT2D eigenvalue weighted by Crippen LogP contribution is 2.23. The van der Waals surface area contributed by atoms with Crippen molar-refractivity contribution in [3.63, 3.8) is 0 Å². The van der Waals surface area contributed by atoms with Gasteiger partial charge in [-0.3, -0.25) is 9.59 Å². The standard InChI is InChI=1S/C11H18N2O3/c1-7-5-13(6-9(7)11(15)16)10(14)4-12-8-2-3-8/h7-9,12H,2-6H2,1H3,(H,15,16)/t7-,9-/m1/s1. The average molecular weight is 226 g/mol. The van der Waals surface area contributed by atoms with E-state index >= 15 is 0 Å². The lowest BCUT2D eigenvalue weighted by Crippen LogP contribution is -2.38. The quantitative estimate of drug-likeness (QED) is 0.703. The van der Waals surface area contributed by atoms with E-state index in [0.29, 0.717) is 25.7 Å². The Morgan fingerprint density at radius 2 is 2.06 bits per heavy atom. The number of aliphatic carboxylic acids is 1. The van der Waals surface area contributed by atoms with E-state index < -0.39 is 11.9 Å². The van der Waals surface area contributed by atoms with Gasteiger partial charge in [0.15, 0.2) is 0 Å². The van der Waals surface area contributed by atoms with Crippen molar-refractivity contribution in [2.45, 2.75) is 25.8 Å².